The Labute approximate surface area is 372 Å². The largest absolute Gasteiger partial charge is 0.456 e. The molecule has 1 heterocycles. The van der Waals surface area contributed by atoms with E-state index in [1.165, 1.54) is 54.9 Å². The maximum atomic E-state index is 6.27. The first kappa shape index (κ1) is 37.3. The number of benzene rings is 11. The highest BCUT2D eigenvalue weighted by Crippen LogP contribution is 2.46. The molecule has 0 aliphatic rings. The molecule has 0 saturated carbocycles. The van der Waals surface area contributed by atoms with Crippen molar-refractivity contribution in [2.24, 2.45) is 0 Å². The molecule has 2 heteroatoms. The number of hydrogen-bond donors (Lipinski definition) is 0. The molecule has 12 aromatic rings. The van der Waals surface area contributed by atoms with Crippen LogP contribution in [-0.4, -0.2) is 0 Å². The normalized spacial score (nSPS) is 11.4. The van der Waals surface area contributed by atoms with E-state index in [-0.39, 0.29) is 0 Å². The molecule has 0 amide bonds. The van der Waals surface area contributed by atoms with Gasteiger partial charge >= 0.3 is 0 Å². The Hall–Kier alpha value is -8.46. The van der Waals surface area contributed by atoms with Gasteiger partial charge in [0.2, 0.25) is 0 Å². The monoisotopic (exact) mass is 815 g/mol. The fourth-order valence-electron chi connectivity index (χ4n) is 9.69. The van der Waals surface area contributed by atoms with E-state index in [0.29, 0.717) is 0 Å². The molecular weight excluding hydrogens is 775 g/mol. The number of nitrogens with zero attached hydrogens (tertiary/aromatic N) is 1. The SMILES string of the molecule is c1ccc(-c2ccc(N(c3ccc(-c4cccc5oc6ccccc6c45)cc3)c3cccc(-c4ccc5c(c4)c(-c4ccccc4)c(-c4ccccc4)c4ccccc45)c3)cc2)cc1. The molecule has 0 fully saturated rings. The predicted octanol–water partition coefficient (Wildman–Crippen LogP) is 17.7. The van der Waals surface area contributed by atoms with Crippen molar-refractivity contribution in [3.8, 4) is 55.6 Å². The summed E-state index contributed by atoms with van der Waals surface area (Å²) in [4.78, 5) is 2.37. The molecule has 0 bridgehead atoms. The maximum absolute atomic E-state index is 6.27. The van der Waals surface area contributed by atoms with Crippen molar-refractivity contribution in [1.29, 1.82) is 0 Å². The lowest BCUT2D eigenvalue weighted by Crippen LogP contribution is -2.10. The van der Waals surface area contributed by atoms with Crippen LogP contribution in [0.2, 0.25) is 0 Å². The Balaban J connectivity index is 1.01. The summed E-state index contributed by atoms with van der Waals surface area (Å²) in [5.74, 6) is 0. The highest BCUT2D eigenvalue weighted by Gasteiger charge is 2.20. The van der Waals surface area contributed by atoms with E-state index < -0.39 is 0 Å². The van der Waals surface area contributed by atoms with Crippen molar-refractivity contribution < 1.29 is 4.42 Å². The molecule has 0 unspecified atom stereocenters. The Morgan fingerprint density at radius 2 is 0.719 bits per heavy atom. The molecule has 2 nitrogen and oxygen atoms in total. The average Bonchev–Trinajstić information content (AvgIpc) is 3.76. The highest BCUT2D eigenvalue weighted by atomic mass is 16.3. The van der Waals surface area contributed by atoms with E-state index in [2.05, 4.69) is 241 Å². The van der Waals surface area contributed by atoms with Crippen molar-refractivity contribution in [2.45, 2.75) is 0 Å². The van der Waals surface area contributed by atoms with Crippen LogP contribution in [0, 0.1) is 0 Å². The van der Waals surface area contributed by atoms with Gasteiger partial charge in [-0.15, -0.1) is 0 Å². The van der Waals surface area contributed by atoms with Crippen LogP contribution in [0.15, 0.2) is 253 Å². The molecule has 0 spiro atoms. The smallest absolute Gasteiger partial charge is 0.136 e. The number of anilines is 3. The highest BCUT2D eigenvalue weighted by molar-refractivity contribution is 6.22. The standard InChI is InChI=1S/C62H41NO/c1-4-16-42(17-5-1)43-30-35-49(36-31-43)63(50-37-32-44(33-38-50)52-27-15-29-59-62(52)56-26-12-13-28-58(56)64-59)51-23-14-22-47(40-51)48-34-39-54-53-24-10-11-25-55(53)60(45-18-6-2-7-19-45)61(57(54)41-48)46-20-8-3-9-21-46/h1-41H. The third-order valence-electron chi connectivity index (χ3n) is 12.7. The first-order valence-corrected chi connectivity index (χ1v) is 21.9. The van der Waals surface area contributed by atoms with Crippen LogP contribution in [0.4, 0.5) is 17.1 Å². The van der Waals surface area contributed by atoms with E-state index in [9.17, 15) is 0 Å². The summed E-state index contributed by atoms with van der Waals surface area (Å²) in [6.45, 7) is 0. The van der Waals surface area contributed by atoms with Crippen molar-refractivity contribution in [2.75, 3.05) is 4.90 Å². The van der Waals surface area contributed by atoms with E-state index >= 15 is 0 Å². The van der Waals surface area contributed by atoms with E-state index in [4.69, 9.17) is 4.42 Å². The summed E-state index contributed by atoms with van der Waals surface area (Å²) >= 11 is 0. The van der Waals surface area contributed by atoms with Gasteiger partial charge in [-0.2, -0.15) is 0 Å². The molecule has 11 aromatic carbocycles. The van der Waals surface area contributed by atoms with Crippen LogP contribution < -0.4 is 4.90 Å². The van der Waals surface area contributed by atoms with Crippen molar-refractivity contribution in [3.63, 3.8) is 0 Å². The number of hydrogen-bond acceptors (Lipinski definition) is 2. The number of fused-ring (bicyclic) bond motifs is 6. The van der Waals surface area contributed by atoms with E-state index in [1.807, 2.05) is 12.1 Å². The summed E-state index contributed by atoms with van der Waals surface area (Å²) in [7, 11) is 0. The van der Waals surface area contributed by atoms with Gasteiger partial charge in [0.05, 0.1) is 0 Å². The third kappa shape index (κ3) is 6.52. The van der Waals surface area contributed by atoms with Crippen molar-refractivity contribution in [3.05, 3.63) is 249 Å². The zero-order chi connectivity index (χ0) is 42.4. The Morgan fingerprint density at radius 3 is 1.41 bits per heavy atom. The minimum Gasteiger partial charge on any atom is -0.456 e. The summed E-state index contributed by atoms with van der Waals surface area (Å²) in [5.41, 5.74) is 16.9. The molecule has 0 aliphatic heterocycles. The molecule has 300 valence electrons. The quantitative estimate of drug-likeness (QED) is 0.142. The summed E-state index contributed by atoms with van der Waals surface area (Å²) < 4.78 is 6.27. The van der Waals surface area contributed by atoms with Crippen LogP contribution in [0.5, 0.6) is 0 Å². The van der Waals surface area contributed by atoms with E-state index in [1.54, 1.807) is 0 Å². The van der Waals surface area contributed by atoms with Crippen LogP contribution in [0.3, 0.4) is 0 Å². The van der Waals surface area contributed by atoms with Crippen molar-refractivity contribution >= 4 is 60.5 Å². The van der Waals surface area contributed by atoms with Gasteiger partial charge in [0.25, 0.3) is 0 Å². The van der Waals surface area contributed by atoms with Crippen LogP contribution >= 0.6 is 0 Å². The Bertz CT molecular complexity index is 3630. The van der Waals surface area contributed by atoms with Crippen LogP contribution in [0.25, 0.3) is 99.1 Å². The molecule has 0 aliphatic carbocycles. The second kappa shape index (κ2) is 15.8. The zero-order valence-electron chi connectivity index (χ0n) is 35.0. The predicted molar refractivity (Wildman–Crippen MR) is 271 cm³/mol. The summed E-state index contributed by atoms with van der Waals surface area (Å²) in [5, 5.41) is 7.25. The Kier molecular flexibility index (Phi) is 9.20. The Morgan fingerprint density at radius 1 is 0.250 bits per heavy atom. The number of rotatable bonds is 8. The van der Waals surface area contributed by atoms with Gasteiger partial charge in [0.15, 0.2) is 0 Å². The fourth-order valence-corrected chi connectivity index (χ4v) is 9.69. The molecule has 64 heavy (non-hydrogen) atoms. The first-order chi connectivity index (χ1) is 31.7. The lowest BCUT2D eigenvalue weighted by atomic mass is 9.84. The molecule has 0 atom stereocenters. The lowest BCUT2D eigenvalue weighted by Gasteiger charge is -2.26. The zero-order valence-corrected chi connectivity index (χ0v) is 35.0. The summed E-state index contributed by atoms with van der Waals surface area (Å²) in [6.07, 6.45) is 0. The minimum absolute atomic E-state index is 0.897. The third-order valence-corrected chi connectivity index (χ3v) is 12.7. The molecule has 12 rings (SSSR count). The molecule has 0 radical (unpaired) electrons. The van der Waals surface area contributed by atoms with Gasteiger partial charge < -0.3 is 9.32 Å². The number of para-hydroxylation sites is 1. The lowest BCUT2D eigenvalue weighted by molar-refractivity contribution is 0.669. The van der Waals surface area contributed by atoms with E-state index in [0.717, 1.165) is 61.3 Å². The van der Waals surface area contributed by atoms with Gasteiger partial charge in [-0.05, 0) is 132 Å². The minimum atomic E-state index is 0.897. The first-order valence-electron chi connectivity index (χ1n) is 21.9. The van der Waals surface area contributed by atoms with Crippen molar-refractivity contribution in [1.82, 2.24) is 0 Å². The second-order valence-corrected chi connectivity index (χ2v) is 16.4. The van der Waals surface area contributed by atoms with Crippen LogP contribution in [-0.2, 0) is 0 Å². The van der Waals surface area contributed by atoms with Gasteiger partial charge in [0.1, 0.15) is 11.2 Å². The fraction of sp³-hybridized carbons (Fsp3) is 0. The number of furan rings is 1. The molecule has 0 saturated heterocycles. The van der Waals surface area contributed by atoms with Crippen LogP contribution in [0.1, 0.15) is 0 Å². The van der Waals surface area contributed by atoms with Gasteiger partial charge in [-0.1, -0.05) is 194 Å². The van der Waals surface area contributed by atoms with Gasteiger partial charge in [0, 0.05) is 27.8 Å². The topological polar surface area (TPSA) is 16.4 Å². The molecular formula is C62H41NO. The summed E-state index contributed by atoms with van der Waals surface area (Å²) in [6, 6.07) is 89.7. The second-order valence-electron chi connectivity index (χ2n) is 16.4. The van der Waals surface area contributed by atoms with Gasteiger partial charge in [-0.25, -0.2) is 0 Å². The molecule has 0 N–H and O–H groups in total. The maximum Gasteiger partial charge on any atom is 0.136 e. The van der Waals surface area contributed by atoms with Gasteiger partial charge in [-0.3, -0.25) is 0 Å². The molecule has 1 aromatic heterocycles. The average molecular weight is 816 g/mol.